The lowest BCUT2D eigenvalue weighted by atomic mass is 9.67. The Labute approximate surface area is 200 Å². The first kappa shape index (κ1) is 25.7. The number of allylic oxidation sites excluding steroid dienone is 1. The molecule has 1 aliphatic heterocycles. The summed E-state index contributed by atoms with van der Waals surface area (Å²) >= 11 is 6.12. The number of carbonyl (C=O) groups excluding carboxylic acids is 1. The lowest BCUT2D eigenvalue weighted by Gasteiger charge is -2.50. The van der Waals surface area contributed by atoms with Crippen LogP contribution in [0.15, 0.2) is 36.1 Å². The van der Waals surface area contributed by atoms with Crippen molar-refractivity contribution in [3.8, 4) is 0 Å². The molecule has 1 fully saturated rings. The van der Waals surface area contributed by atoms with Crippen LogP contribution >= 0.6 is 11.6 Å². The van der Waals surface area contributed by atoms with Gasteiger partial charge in [0.05, 0.1) is 30.4 Å². The van der Waals surface area contributed by atoms with Gasteiger partial charge in [-0.2, -0.15) is 0 Å². The fourth-order valence-corrected chi connectivity index (χ4v) is 4.94. The Kier molecular flexibility index (Phi) is 8.19. The zero-order valence-corrected chi connectivity index (χ0v) is 20.3. The molecule has 2 aliphatic rings. The molecule has 0 aromatic heterocycles. The predicted octanol–water partition coefficient (Wildman–Crippen LogP) is 3.94. The average molecular weight is 481 g/mol. The molecule has 0 radical (unpaired) electrons. The molecule has 0 saturated carbocycles. The largest absolute Gasteiger partial charge is 0.497 e. The van der Waals surface area contributed by atoms with E-state index in [2.05, 4.69) is 18.7 Å². The van der Waals surface area contributed by atoms with Gasteiger partial charge in [0.25, 0.3) is 0 Å². The van der Waals surface area contributed by atoms with Gasteiger partial charge in [-0.05, 0) is 43.0 Å². The standard InChI is InChI=1S/C25H34ClFN2O4/c1-24(2)16-29(11-9-25(24,31)15-17-5-7-18(27)8-6-17)10-4-12-33-22-14-21(28)20(26)13-19(22)23(30)32-3/h5-8,14,19-20,28,31H,4,9-13,15-16H2,1-3H3. The molecule has 0 amide bonds. The highest BCUT2D eigenvalue weighted by Crippen LogP contribution is 2.41. The Morgan fingerprint density at radius 1 is 1.33 bits per heavy atom. The van der Waals surface area contributed by atoms with Crippen LogP contribution in [-0.2, 0) is 20.7 Å². The highest BCUT2D eigenvalue weighted by atomic mass is 35.5. The summed E-state index contributed by atoms with van der Waals surface area (Å²) in [6.45, 7) is 6.84. The first-order chi connectivity index (χ1) is 15.5. The third-order valence-electron chi connectivity index (χ3n) is 6.92. The molecule has 3 unspecified atom stereocenters. The number of benzene rings is 1. The van der Waals surface area contributed by atoms with Crippen LogP contribution in [0.2, 0.25) is 0 Å². The van der Waals surface area contributed by atoms with Gasteiger partial charge >= 0.3 is 5.97 Å². The first-order valence-electron chi connectivity index (χ1n) is 11.4. The third kappa shape index (κ3) is 6.14. The van der Waals surface area contributed by atoms with E-state index in [1.807, 2.05) is 0 Å². The second-order valence-corrected chi connectivity index (χ2v) is 10.3. The smallest absolute Gasteiger partial charge is 0.316 e. The van der Waals surface area contributed by atoms with Crippen LogP contribution in [0.3, 0.4) is 0 Å². The van der Waals surface area contributed by atoms with Gasteiger partial charge in [0, 0.05) is 31.5 Å². The normalized spacial score (nSPS) is 27.7. The molecule has 1 aromatic carbocycles. The molecule has 1 aliphatic carbocycles. The first-order valence-corrected chi connectivity index (χ1v) is 11.8. The number of methoxy groups -OCH3 is 1. The van der Waals surface area contributed by atoms with Gasteiger partial charge < -0.3 is 24.9 Å². The molecule has 3 atom stereocenters. The number of esters is 1. The zero-order valence-electron chi connectivity index (χ0n) is 19.6. The molecule has 2 N–H and O–H groups in total. The molecule has 1 aromatic rings. The van der Waals surface area contributed by atoms with E-state index < -0.39 is 22.9 Å². The molecule has 0 bridgehead atoms. The van der Waals surface area contributed by atoms with Gasteiger partial charge in [-0.25, -0.2) is 4.39 Å². The Morgan fingerprint density at radius 3 is 2.67 bits per heavy atom. The van der Waals surface area contributed by atoms with Crippen LogP contribution in [-0.4, -0.2) is 66.0 Å². The molecule has 6 nitrogen and oxygen atoms in total. The minimum Gasteiger partial charge on any atom is -0.497 e. The lowest BCUT2D eigenvalue weighted by molar-refractivity contribution is -0.145. The minimum absolute atomic E-state index is 0.241. The van der Waals surface area contributed by atoms with Crippen molar-refractivity contribution >= 4 is 23.3 Å². The second-order valence-electron chi connectivity index (χ2n) is 9.73. The van der Waals surface area contributed by atoms with Gasteiger partial charge in [-0.3, -0.25) is 4.79 Å². The highest BCUT2D eigenvalue weighted by Gasteiger charge is 2.47. The number of halogens is 2. The third-order valence-corrected chi connectivity index (χ3v) is 7.34. The maximum Gasteiger partial charge on any atom is 0.316 e. The Hall–Kier alpha value is -1.96. The van der Waals surface area contributed by atoms with Crippen LogP contribution in [0.4, 0.5) is 4.39 Å². The number of hydrogen-bond donors (Lipinski definition) is 2. The van der Waals surface area contributed by atoms with E-state index in [4.69, 9.17) is 26.5 Å². The number of nitrogens with zero attached hydrogens (tertiary/aromatic N) is 1. The molecular formula is C25H34ClFN2O4. The van der Waals surface area contributed by atoms with Crippen molar-refractivity contribution in [3.63, 3.8) is 0 Å². The molecule has 1 heterocycles. The number of aliphatic hydroxyl groups is 1. The van der Waals surface area contributed by atoms with E-state index >= 15 is 0 Å². The van der Waals surface area contributed by atoms with Crippen molar-refractivity contribution < 1.29 is 23.8 Å². The summed E-state index contributed by atoms with van der Waals surface area (Å²) in [5, 5.41) is 18.8. The Morgan fingerprint density at radius 2 is 2.03 bits per heavy atom. The van der Waals surface area contributed by atoms with Crippen LogP contribution in [0, 0.1) is 22.6 Å². The fraction of sp³-hybridized carbons (Fsp3) is 0.600. The van der Waals surface area contributed by atoms with Crippen LogP contribution in [0.25, 0.3) is 0 Å². The number of nitrogens with one attached hydrogen (secondary N) is 1. The molecule has 33 heavy (non-hydrogen) atoms. The lowest BCUT2D eigenvalue weighted by Crippen LogP contribution is -2.58. The van der Waals surface area contributed by atoms with Crippen LogP contribution in [0.1, 0.15) is 38.7 Å². The van der Waals surface area contributed by atoms with Gasteiger partial charge in [-0.1, -0.05) is 26.0 Å². The summed E-state index contributed by atoms with van der Waals surface area (Å²) in [4.78, 5) is 14.4. The summed E-state index contributed by atoms with van der Waals surface area (Å²) in [7, 11) is 1.33. The maximum atomic E-state index is 13.2. The summed E-state index contributed by atoms with van der Waals surface area (Å²) < 4.78 is 23.9. The number of alkyl halides is 1. The number of rotatable bonds is 8. The van der Waals surface area contributed by atoms with E-state index in [0.29, 0.717) is 31.6 Å². The van der Waals surface area contributed by atoms with Crippen molar-refractivity contribution in [2.45, 2.75) is 50.5 Å². The number of carbonyl (C=O) groups is 1. The van der Waals surface area contributed by atoms with Crippen LogP contribution in [0.5, 0.6) is 0 Å². The van der Waals surface area contributed by atoms with E-state index in [1.165, 1.54) is 25.3 Å². The molecule has 0 spiro atoms. The van der Waals surface area contributed by atoms with Gasteiger partial charge in [-0.15, -0.1) is 11.6 Å². The summed E-state index contributed by atoms with van der Waals surface area (Å²) in [5.74, 6) is -0.820. The van der Waals surface area contributed by atoms with E-state index in [9.17, 15) is 14.3 Å². The summed E-state index contributed by atoms with van der Waals surface area (Å²) in [6.07, 6.45) is 3.69. The quantitative estimate of drug-likeness (QED) is 0.334. The summed E-state index contributed by atoms with van der Waals surface area (Å²) in [6, 6.07) is 6.34. The van der Waals surface area contributed by atoms with Crippen molar-refractivity contribution in [1.29, 1.82) is 5.41 Å². The van der Waals surface area contributed by atoms with Crippen molar-refractivity contribution in [2.24, 2.45) is 11.3 Å². The molecule has 182 valence electrons. The Bertz CT molecular complexity index is 889. The number of piperidine rings is 1. The Balaban J connectivity index is 1.51. The van der Waals surface area contributed by atoms with Gasteiger partial charge in [0.15, 0.2) is 0 Å². The van der Waals surface area contributed by atoms with Crippen molar-refractivity contribution in [1.82, 2.24) is 4.90 Å². The second kappa shape index (κ2) is 10.5. The van der Waals surface area contributed by atoms with E-state index in [1.54, 1.807) is 12.1 Å². The number of likely N-dealkylation sites (tertiary alicyclic amines) is 1. The SMILES string of the molecule is COC(=O)C1CC(Cl)C(=N)C=C1OCCCN1CCC(O)(Cc2ccc(F)cc2)C(C)(C)C1. The monoisotopic (exact) mass is 480 g/mol. The van der Waals surface area contributed by atoms with E-state index in [-0.39, 0.29) is 16.9 Å². The van der Waals surface area contributed by atoms with E-state index in [0.717, 1.165) is 31.6 Å². The van der Waals surface area contributed by atoms with Crippen molar-refractivity contribution in [2.75, 3.05) is 33.4 Å². The van der Waals surface area contributed by atoms with Crippen LogP contribution < -0.4 is 0 Å². The molecule has 3 rings (SSSR count). The van der Waals surface area contributed by atoms with Gasteiger partial charge in [0.2, 0.25) is 0 Å². The highest BCUT2D eigenvalue weighted by molar-refractivity contribution is 6.34. The average Bonchev–Trinajstić information content (AvgIpc) is 2.77. The zero-order chi connectivity index (χ0) is 24.2. The minimum atomic E-state index is -0.864. The molecule has 8 heteroatoms. The molecule has 1 saturated heterocycles. The topological polar surface area (TPSA) is 82.9 Å². The maximum absolute atomic E-state index is 13.2. The predicted molar refractivity (Wildman–Crippen MR) is 126 cm³/mol. The van der Waals surface area contributed by atoms with Gasteiger partial charge in [0.1, 0.15) is 17.5 Å². The van der Waals surface area contributed by atoms with Crippen molar-refractivity contribution in [3.05, 3.63) is 47.5 Å². The fourth-order valence-electron chi connectivity index (χ4n) is 4.69. The number of hydrogen-bond acceptors (Lipinski definition) is 6. The number of ether oxygens (including phenoxy) is 2. The summed E-state index contributed by atoms with van der Waals surface area (Å²) in [5.41, 5.74) is -0.0337. The molecular weight excluding hydrogens is 447 g/mol.